The Hall–Kier alpha value is -0.310. The molecule has 0 amide bonds. The summed E-state index contributed by atoms with van der Waals surface area (Å²) >= 11 is 0. The standard InChI is InChI=1S/C4H5F6O4P/c1-13-15(11,12)14-4(9,10)2(5)3(6,7)8/h2H,1H3,(H,11,12). The minimum Gasteiger partial charge on any atom is -0.302 e. The van der Waals surface area contributed by atoms with Crippen molar-refractivity contribution in [3.8, 4) is 0 Å². The van der Waals surface area contributed by atoms with Gasteiger partial charge in [-0.25, -0.2) is 13.5 Å². The van der Waals surface area contributed by atoms with Crippen molar-refractivity contribution in [1.29, 1.82) is 0 Å². The van der Waals surface area contributed by atoms with E-state index in [1.54, 1.807) is 0 Å². The molecule has 0 aliphatic heterocycles. The van der Waals surface area contributed by atoms with Gasteiger partial charge in [0.05, 0.1) is 0 Å². The summed E-state index contributed by atoms with van der Waals surface area (Å²) in [5, 5.41) is 0. The molecule has 2 unspecified atom stereocenters. The predicted octanol–water partition coefficient (Wildman–Crippen LogP) is 2.24. The molecule has 92 valence electrons. The van der Waals surface area contributed by atoms with Gasteiger partial charge in [0.25, 0.3) is 6.17 Å². The molecule has 1 N–H and O–H groups in total. The maximum Gasteiger partial charge on any atom is 0.476 e. The summed E-state index contributed by atoms with van der Waals surface area (Å²) in [6.45, 7) is 0. The molecule has 0 rings (SSSR count). The Balaban J connectivity index is 4.77. The van der Waals surface area contributed by atoms with Crippen molar-refractivity contribution in [2.24, 2.45) is 0 Å². The van der Waals surface area contributed by atoms with E-state index in [-0.39, 0.29) is 0 Å². The highest BCUT2D eigenvalue weighted by molar-refractivity contribution is 7.47. The van der Waals surface area contributed by atoms with Crippen LogP contribution in [0, 0.1) is 0 Å². The Bertz CT molecular complexity index is 264. The quantitative estimate of drug-likeness (QED) is 0.623. The summed E-state index contributed by atoms with van der Waals surface area (Å²) in [5.74, 6) is 0. The second kappa shape index (κ2) is 4.28. The molecule has 0 aromatic rings. The number of phosphoric ester groups is 1. The minimum atomic E-state index is -5.92. The van der Waals surface area contributed by atoms with Gasteiger partial charge < -0.3 is 4.89 Å². The first-order valence-electron chi connectivity index (χ1n) is 3.10. The van der Waals surface area contributed by atoms with Crippen LogP contribution in [-0.4, -0.2) is 30.5 Å². The molecule has 0 aliphatic rings. The molecule has 0 aromatic heterocycles. The lowest BCUT2D eigenvalue weighted by Gasteiger charge is -2.23. The first-order valence-corrected chi connectivity index (χ1v) is 4.60. The zero-order valence-electron chi connectivity index (χ0n) is 6.96. The number of rotatable bonds is 4. The van der Waals surface area contributed by atoms with Crippen molar-refractivity contribution in [2.45, 2.75) is 18.5 Å². The maximum absolute atomic E-state index is 12.3. The van der Waals surface area contributed by atoms with Crippen LogP contribution >= 0.6 is 7.82 Å². The fraction of sp³-hybridized carbons (Fsp3) is 1.00. The van der Waals surface area contributed by atoms with Crippen molar-refractivity contribution in [2.75, 3.05) is 7.11 Å². The molecular formula is C4H5F6O4P. The average Bonchev–Trinajstić information content (AvgIpc) is 1.99. The molecule has 0 heterocycles. The number of hydrogen-bond donors (Lipinski definition) is 1. The van der Waals surface area contributed by atoms with Crippen LogP contribution in [0.2, 0.25) is 0 Å². The Morgan fingerprint density at radius 3 is 1.93 bits per heavy atom. The Labute approximate surface area is 79.4 Å². The molecule has 0 spiro atoms. The van der Waals surface area contributed by atoms with Crippen molar-refractivity contribution < 1.29 is 44.8 Å². The number of hydrogen-bond acceptors (Lipinski definition) is 3. The number of halogens is 6. The van der Waals surface area contributed by atoms with E-state index in [9.17, 15) is 30.9 Å². The van der Waals surface area contributed by atoms with Crippen LogP contribution in [0.25, 0.3) is 0 Å². The summed E-state index contributed by atoms with van der Waals surface area (Å²) in [5.41, 5.74) is 0. The lowest BCUT2D eigenvalue weighted by Crippen LogP contribution is -2.43. The average molecular weight is 262 g/mol. The lowest BCUT2D eigenvalue weighted by molar-refractivity contribution is -0.309. The molecule has 15 heavy (non-hydrogen) atoms. The molecule has 2 atom stereocenters. The molecule has 11 heteroatoms. The smallest absolute Gasteiger partial charge is 0.302 e. The van der Waals surface area contributed by atoms with Gasteiger partial charge in [-0.15, -0.1) is 0 Å². The normalized spacial score (nSPS) is 19.7. The van der Waals surface area contributed by atoms with Gasteiger partial charge in [0.1, 0.15) is 0 Å². The monoisotopic (exact) mass is 262 g/mol. The number of phosphoric acid groups is 1. The second-order valence-electron chi connectivity index (χ2n) is 2.21. The Kier molecular flexibility index (Phi) is 4.19. The van der Waals surface area contributed by atoms with Crippen LogP contribution in [-0.2, 0) is 13.6 Å². The van der Waals surface area contributed by atoms with Crippen LogP contribution in [0.3, 0.4) is 0 Å². The molecule has 0 bridgehead atoms. The van der Waals surface area contributed by atoms with Crippen LogP contribution in [0.1, 0.15) is 0 Å². The van der Waals surface area contributed by atoms with E-state index in [0.717, 1.165) is 0 Å². The van der Waals surface area contributed by atoms with E-state index in [2.05, 4.69) is 9.05 Å². The summed E-state index contributed by atoms with van der Waals surface area (Å²) < 4.78 is 87.5. The fourth-order valence-corrected chi connectivity index (χ4v) is 0.903. The molecule has 0 saturated heterocycles. The third-order valence-corrected chi connectivity index (χ3v) is 1.99. The Morgan fingerprint density at radius 1 is 1.27 bits per heavy atom. The highest BCUT2D eigenvalue weighted by Crippen LogP contribution is 2.50. The topological polar surface area (TPSA) is 55.8 Å². The van der Waals surface area contributed by atoms with Gasteiger partial charge in [-0.3, -0.25) is 4.52 Å². The van der Waals surface area contributed by atoms with E-state index in [0.29, 0.717) is 7.11 Å². The summed E-state index contributed by atoms with van der Waals surface area (Å²) in [4.78, 5) is 8.27. The second-order valence-corrected chi connectivity index (χ2v) is 3.69. The van der Waals surface area contributed by atoms with Gasteiger partial charge >= 0.3 is 20.1 Å². The van der Waals surface area contributed by atoms with Gasteiger partial charge in [-0.2, -0.15) is 22.0 Å². The van der Waals surface area contributed by atoms with Crippen molar-refractivity contribution >= 4 is 7.82 Å². The van der Waals surface area contributed by atoms with Crippen molar-refractivity contribution in [3.63, 3.8) is 0 Å². The predicted molar refractivity (Wildman–Crippen MR) is 33.8 cm³/mol. The van der Waals surface area contributed by atoms with Crippen LogP contribution < -0.4 is 0 Å². The first kappa shape index (κ1) is 14.7. The van der Waals surface area contributed by atoms with Crippen LogP contribution in [0.15, 0.2) is 0 Å². The fourth-order valence-electron chi connectivity index (χ4n) is 0.428. The SMILES string of the molecule is COP(=O)(O)OC(F)(F)C(F)C(F)(F)F. The van der Waals surface area contributed by atoms with Crippen molar-refractivity contribution in [3.05, 3.63) is 0 Å². The maximum atomic E-state index is 12.3. The molecule has 0 fully saturated rings. The van der Waals surface area contributed by atoms with E-state index >= 15 is 0 Å². The summed E-state index contributed by atoms with van der Waals surface area (Å²) in [6.07, 6.45) is -16.1. The van der Waals surface area contributed by atoms with Gasteiger partial charge in [0, 0.05) is 7.11 Å². The van der Waals surface area contributed by atoms with Crippen LogP contribution in [0.4, 0.5) is 26.3 Å². The molecule has 0 aromatic carbocycles. The molecule has 4 nitrogen and oxygen atoms in total. The largest absolute Gasteiger partial charge is 0.476 e. The van der Waals surface area contributed by atoms with Crippen LogP contribution in [0.5, 0.6) is 0 Å². The van der Waals surface area contributed by atoms with E-state index in [1.165, 1.54) is 0 Å². The Morgan fingerprint density at radius 2 is 1.67 bits per heavy atom. The number of alkyl halides is 6. The molecule has 0 saturated carbocycles. The van der Waals surface area contributed by atoms with E-state index < -0.39 is 26.3 Å². The van der Waals surface area contributed by atoms with Gasteiger partial charge in [-0.05, 0) is 0 Å². The first-order chi connectivity index (χ1) is 6.42. The zero-order chi connectivity index (χ0) is 12.5. The molecular weight excluding hydrogens is 257 g/mol. The van der Waals surface area contributed by atoms with Gasteiger partial charge in [0.15, 0.2) is 0 Å². The molecule has 0 radical (unpaired) electrons. The highest BCUT2D eigenvalue weighted by atomic mass is 31.2. The van der Waals surface area contributed by atoms with Crippen molar-refractivity contribution in [1.82, 2.24) is 0 Å². The van der Waals surface area contributed by atoms with E-state index in [1.807, 2.05) is 0 Å². The third-order valence-electron chi connectivity index (χ3n) is 1.05. The van der Waals surface area contributed by atoms with E-state index in [4.69, 9.17) is 4.89 Å². The lowest BCUT2D eigenvalue weighted by atomic mass is 10.3. The summed E-state index contributed by atoms with van der Waals surface area (Å²) in [7, 11) is -4.98. The third kappa shape index (κ3) is 4.37. The summed E-state index contributed by atoms with van der Waals surface area (Å²) in [6, 6.07) is 0. The highest BCUT2D eigenvalue weighted by Gasteiger charge is 2.60. The molecule has 0 aliphatic carbocycles. The zero-order valence-corrected chi connectivity index (χ0v) is 7.86. The van der Waals surface area contributed by atoms with Gasteiger partial charge in [0.2, 0.25) is 0 Å². The minimum absolute atomic E-state index is 0.428. The van der Waals surface area contributed by atoms with Gasteiger partial charge in [-0.1, -0.05) is 0 Å².